The highest BCUT2D eigenvalue weighted by atomic mass is 32.2. The van der Waals surface area contributed by atoms with Crippen molar-refractivity contribution in [2.45, 2.75) is 62.7 Å². The topological polar surface area (TPSA) is 278 Å². The van der Waals surface area contributed by atoms with Crippen molar-refractivity contribution in [3.05, 3.63) is 29.8 Å². The van der Waals surface area contributed by atoms with Gasteiger partial charge in [-0.3, -0.25) is 24.2 Å². The van der Waals surface area contributed by atoms with E-state index in [1.54, 1.807) is 0 Å². The van der Waals surface area contributed by atoms with Gasteiger partial charge in [-0.05, 0) is 55.4 Å². The fourth-order valence-corrected chi connectivity index (χ4v) is 4.07. The lowest BCUT2D eigenvalue weighted by molar-refractivity contribution is -0.142. The third kappa shape index (κ3) is 14.2. The number of carboxylic acid groups (broad SMARTS) is 1. The molecule has 16 heteroatoms. The number of carbonyl (C=O) groups excluding carboxylic acids is 4. The van der Waals surface area contributed by atoms with E-state index >= 15 is 0 Å². The Morgan fingerprint density at radius 3 is 1.98 bits per heavy atom. The van der Waals surface area contributed by atoms with Gasteiger partial charge in [0, 0.05) is 19.4 Å². The number of aliphatic imine (C=N–C) groups is 1. The van der Waals surface area contributed by atoms with Gasteiger partial charge in [-0.25, -0.2) is 4.79 Å². The van der Waals surface area contributed by atoms with Gasteiger partial charge in [0.2, 0.25) is 23.6 Å². The summed E-state index contributed by atoms with van der Waals surface area (Å²) < 4.78 is 0. The first-order chi connectivity index (χ1) is 19.3. The molecule has 1 aromatic rings. The number of hydrogen-bond donors (Lipinski definition) is 9. The van der Waals surface area contributed by atoms with Crippen LogP contribution in [0.1, 0.15) is 37.7 Å². The van der Waals surface area contributed by atoms with Gasteiger partial charge in [-0.15, -0.1) is 0 Å². The van der Waals surface area contributed by atoms with Crippen LogP contribution in [-0.2, 0) is 30.4 Å². The van der Waals surface area contributed by atoms with Crippen LogP contribution in [-0.4, -0.2) is 88.5 Å². The lowest BCUT2D eigenvalue weighted by atomic mass is 10.0. The SMILES string of the molecule is CSCCC(NC(=O)C(CCCN=C(N)N)NC(=O)C(N)CCC(N)=O)C(=O)NC(Cc1ccc(O)cc1)C(=O)O. The predicted octanol–water partition coefficient (Wildman–Crippen LogP) is -2.13. The number of carboxylic acids is 1. The molecule has 0 bridgehead atoms. The maximum absolute atomic E-state index is 13.3. The molecule has 0 saturated carbocycles. The molecule has 1 aromatic carbocycles. The molecule has 0 heterocycles. The van der Waals surface area contributed by atoms with Crippen LogP contribution in [0.5, 0.6) is 5.75 Å². The van der Waals surface area contributed by atoms with E-state index in [1.165, 1.54) is 36.0 Å². The number of guanidine groups is 1. The minimum Gasteiger partial charge on any atom is -0.508 e. The summed E-state index contributed by atoms with van der Waals surface area (Å²) in [5.41, 5.74) is 22.2. The number of nitrogens with two attached hydrogens (primary N) is 4. The Labute approximate surface area is 242 Å². The van der Waals surface area contributed by atoms with Crippen LogP contribution in [0, 0.1) is 0 Å². The number of rotatable bonds is 19. The summed E-state index contributed by atoms with van der Waals surface area (Å²) in [6, 6.07) is 1.21. The molecule has 0 saturated heterocycles. The molecule has 4 unspecified atom stereocenters. The van der Waals surface area contributed by atoms with E-state index in [4.69, 9.17) is 22.9 Å². The van der Waals surface area contributed by atoms with Crippen LogP contribution in [0.4, 0.5) is 0 Å². The third-order valence-corrected chi connectivity index (χ3v) is 6.50. The summed E-state index contributed by atoms with van der Waals surface area (Å²) >= 11 is 1.42. The van der Waals surface area contributed by atoms with E-state index in [0.29, 0.717) is 17.7 Å². The molecular weight excluding hydrogens is 556 g/mol. The second kappa shape index (κ2) is 18.3. The number of nitrogens with one attached hydrogen (secondary N) is 3. The largest absolute Gasteiger partial charge is 0.508 e. The van der Waals surface area contributed by atoms with Crippen molar-refractivity contribution in [1.82, 2.24) is 16.0 Å². The monoisotopic (exact) mass is 596 g/mol. The van der Waals surface area contributed by atoms with Crippen LogP contribution < -0.4 is 38.9 Å². The fourth-order valence-electron chi connectivity index (χ4n) is 3.60. The van der Waals surface area contributed by atoms with Gasteiger partial charge in [0.05, 0.1) is 6.04 Å². The van der Waals surface area contributed by atoms with Gasteiger partial charge in [-0.2, -0.15) is 11.8 Å². The summed E-state index contributed by atoms with van der Waals surface area (Å²) in [7, 11) is 0. The van der Waals surface area contributed by atoms with Crippen molar-refractivity contribution in [2.24, 2.45) is 27.9 Å². The van der Waals surface area contributed by atoms with Gasteiger partial charge in [0.25, 0.3) is 0 Å². The van der Waals surface area contributed by atoms with E-state index in [9.17, 15) is 34.2 Å². The second-order valence-electron chi connectivity index (χ2n) is 9.23. The zero-order valence-electron chi connectivity index (χ0n) is 22.9. The lowest BCUT2D eigenvalue weighted by Gasteiger charge is -2.25. The van der Waals surface area contributed by atoms with Crippen LogP contribution in [0.25, 0.3) is 0 Å². The van der Waals surface area contributed by atoms with Crippen LogP contribution >= 0.6 is 11.8 Å². The van der Waals surface area contributed by atoms with Gasteiger partial charge in [0.1, 0.15) is 23.9 Å². The molecule has 0 radical (unpaired) electrons. The Morgan fingerprint density at radius 2 is 1.44 bits per heavy atom. The molecular formula is C25H40N8O7S. The second-order valence-corrected chi connectivity index (χ2v) is 10.2. The van der Waals surface area contributed by atoms with Crippen molar-refractivity contribution in [3.8, 4) is 5.75 Å². The predicted molar refractivity (Wildman–Crippen MR) is 155 cm³/mol. The molecule has 228 valence electrons. The Bertz CT molecular complexity index is 1070. The standard InChI is InChI=1S/C25H40N8O7S/c1-41-12-10-18(23(38)33-19(24(39)40)13-14-4-6-15(34)7-5-14)32-22(37)17(3-2-11-30-25(28)29)31-21(36)16(26)8-9-20(27)35/h4-7,16-19,34H,2-3,8-13,26H2,1H3,(H2,27,35)(H,31,36)(H,32,37)(H,33,38)(H,39,40)(H4,28,29,30). The molecule has 4 atom stereocenters. The maximum Gasteiger partial charge on any atom is 0.326 e. The number of thioether (sulfide) groups is 1. The van der Waals surface area contributed by atoms with E-state index < -0.39 is 53.8 Å². The normalized spacial score (nSPS) is 13.6. The summed E-state index contributed by atoms with van der Waals surface area (Å²) in [6.07, 6.45) is 2.16. The first-order valence-corrected chi connectivity index (χ1v) is 14.2. The Kier molecular flexibility index (Phi) is 15.6. The van der Waals surface area contributed by atoms with Crippen molar-refractivity contribution in [2.75, 3.05) is 18.6 Å². The number of carbonyl (C=O) groups is 5. The molecule has 0 aromatic heterocycles. The maximum atomic E-state index is 13.3. The van der Waals surface area contributed by atoms with E-state index in [2.05, 4.69) is 20.9 Å². The molecule has 0 aliphatic heterocycles. The highest BCUT2D eigenvalue weighted by molar-refractivity contribution is 7.98. The minimum atomic E-state index is -1.31. The number of phenolic OH excluding ortho intramolecular Hbond substituents is 1. The van der Waals surface area contributed by atoms with Crippen molar-refractivity contribution < 1.29 is 34.2 Å². The number of benzene rings is 1. The highest BCUT2D eigenvalue weighted by Crippen LogP contribution is 2.12. The zero-order valence-corrected chi connectivity index (χ0v) is 23.7. The number of aliphatic carboxylic acids is 1. The number of primary amides is 1. The third-order valence-electron chi connectivity index (χ3n) is 5.85. The molecule has 13 N–H and O–H groups in total. The molecule has 41 heavy (non-hydrogen) atoms. The van der Waals surface area contributed by atoms with Crippen LogP contribution in [0.15, 0.2) is 29.3 Å². The average Bonchev–Trinajstić information content (AvgIpc) is 2.91. The summed E-state index contributed by atoms with van der Waals surface area (Å²) in [5, 5.41) is 26.7. The molecule has 0 aliphatic rings. The summed E-state index contributed by atoms with van der Waals surface area (Å²) in [6.45, 7) is 0.170. The van der Waals surface area contributed by atoms with Crippen LogP contribution in [0.2, 0.25) is 0 Å². The summed E-state index contributed by atoms with van der Waals surface area (Å²) in [4.78, 5) is 65.8. The summed E-state index contributed by atoms with van der Waals surface area (Å²) in [5.74, 6) is -3.69. The van der Waals surface area contributed by atoms with Crippen molar-refractivity contribution in [3.63, 3.8) is 0 Å². The number of nitrogens with zero attached hydrogens (tertiary/aromatic N) is 1. The smallest absolute Gasteiger partial charge is 0.326 e. The Hall–Kier alpha value is -4.05. The number of aromatic hydroxyl groups is 1. The van der Waals surface area contributed by atoms with Gasteiger partial charge >= 0.3 is 5.97 Å². The van der Waals surface area contributed by atoms with Crippen LogP contribution in [0.3, 0.4) is 0 Å². The number of phenols is 1. The van der Waals surface area contributed by atoms with Gasteiger partial charge in [0.15, 0.2) is 5.96 Å². The minimum absolute atomic E-state index is 0.0123. The molecule has 0 aliphatic carbocycles. The highest BCUT2D eigenvalue weighted by Gasteiger charge is 2.30. The quantitative estimate of drug-likeness (QED) is 0.0472. The average molecular weight is 597 g/mol. The van der Waals surface area contributed by atoms with Gasteiger partial charge in [-0.1, -0.05) is 12.1 Å². The van der Waals surface area contributed by atoms with E-state index in [1.807, 2.05) is 6.26 Å². The van der Waals surface area contributed by atoms with Crippen molar-refractivity contribution in [1.29, 1.82) is 0 Å². The van der Waals surface area contributed by atoms with Crippen molar-refractivity contribution >= 4 is 47.3 Å². The van der Waals surface area contributed by atoms with E-state index in [0.717, 1.165) is 0 Å². The number of hydrogen-bond acceptors (Lipinski definition) is 9. The lowest BCUT2D eigenvalue weighted by Crippen LogP contribution is -2.57. The zero-order chi connectivity index (χ0) is 30.9. The molecule has 0 spiro atoms. The molecule has 15 nitrogen and oxygen atoms in total. The molecule has 0 fully saturated rings. The Morgan fingerprint density at radius 1 is 0.878 bits per heavy atom. The fraction of sp³-hybridized carbons (Fsp3) is 0.520. The molecule has 1 rings (SSSR count). The molecule has 4 amide bonds. The first-order valence-electron chi connectivity index (χ1n) is 12.8. The van der Waals surface area contributed by atoms with E-state index in [-0.39, 0.29) is 50.4 Å². The first kappa shape index (κ1) is 35.0. The Balaban J connectivity index is 3.03. The van der Waals surface area contributed by atoms with Gasteiger partial charge < -0.3 is 49.1 Å². The number of amides is 4.